The molecule has 0 amide bonds. The van der Waals surface area contributed by atoms with Crippen LogP contribution in [0.5, 0.6) is 0 Å². The highest BCUT2D eigenvalue weighted by atomic mass is 16.6. The standard InChI is InChI=1S/C15H21NO2/c1-15(2,3)18-14(17)13(16)12-9-8-10-6-4-5-7-11(10)12/h4-7,12-13H,8-9,16H2,1-3H3/t12?,13-/m1/s1. The van der Waals surface area contributed by atoms with Gasteiger partial charge in [0, 0.05) is 5.92 Å². The summed E-state index contributed by atoms with van der Waals surface area (Å²) in [6.45, 7) is 5.58. The van der Waals surface area contributed by atoms with E-state index in [1.807, 2.05) is 32.9 Å². The molecule has 18 heavy (non-hydrogen) atoms. The SMILES string of the molecule is CC(C)(C)OC(=O)[C@H](N)C1CCc2ccccc21. The van der Waals surface area contributed by atoms with Gasteiger partial charge in [-0.25, -0.2) is 0 Å². The molecule has 0 aliphatic heterocycles. The number of hydrogen-bond acceptors (Lipinski definition) is 3. The molecule has 98 valence electrons. The fourth-order valence-electron chi connectivity index (χ4n) is 2.50. The largest absolute Gasteiger partial charge is 0.459 e. The zero-order valence-electron chi connectivity index (χ0n) is 11.3. The van der Waals surface area contributed by atoms with Gasteiger partial charge in [0.2, 0.25) is 0 Å². The van der Waals surface area contributed by atoms with Crippen LogP contribution in [0.25, 0.3) is 0 Å². The summed E-state index contributed by atoms with van der Waals surface area (Å²) in [5.74, 6) is -0.208. The molecule has 0 fully saturated rings. The Kier molecular flexibility index (Phi) is 3.44. The second-order valence-corrected chi connectivity index (χ2v) is 5.90. The summed E-state index contributed by atoms with van der Waals surface area (Å²) >= 11 is 0. The lowest BCUT2D eigenvalue weighted by Gasteiger charge is -2.25. The van der Waals surface area contributed by atoms with Gasteiger partial charge in [0.15, 0.2) is 0 Å². The van der Waals surface area contributed by atoms with E-state index in [0.717, 1.165) is 12.8 Å². The molecule has 0 bridgehead atoms. The molecule has 2 rings (SSSR count). The van der Waals surface area contributed by atoms with Gasteiger partial charge in [0.25, 0.3) is 0 Å². The maximum atomic E-state index is 12.0. The van der Waals surface area contributed by atoms with Crippen molar-refractivity contribution in [2.75, 3.05) is 0 Å². The molecule has 2 atom stereocenters. The third kappa shape index (κ3) is 2.72. The van der Waals surface area contributed by atoms with Gasteiger partial charge in [-0.1, -0.05) is 24.3 Å². The lowest BCUT2D eigenvalue weighted by atomic mass is 9.93. The Balaban J connectivity index is 2.12. The van der Waals surface area contributed by atoms with E-state index in [1.165, 1.54) is 11.1 Å². The van der Waals surface area contributed by atoms with Crippen LogP contribution in [-0.4, -0.2) is 17.6 Å². The monoisotopic (exact) mass is 247 g/mol. The fraction of sp³-hybridized carbons (Fsp3) is 0.533. The van der Waals surface area contributed by atoms with Crippen LogP contribution in [0.15, 0.2) is 24.3 Å². The number of esters is 1. The Morgan fingerprint density at radius 2 is 2.06 bits per heavy atom. The van der Waals surface area contributed by atoms with Gasteiger partial charge in [-0.05, 0) is 44.7 Å². The number of aryl methyl sites for hydroxylation is 1. The lowest BCUT2D eigenvalue weighted by molar-refractivity contribution is -0.157. The van der Waals surface area contributed by atoms with E-state index in [-0.39, 0.29) is 11.9 Å². The van der Waals surface area contributed by atoms with Crippen LogP contribution in [0, 0.1) is 0 Å². The first-order chi connectivity index (χ1) is 8.38. The highest BCUT2D eigenvalue weighted by Crippen LogP contribution is 2.35. The van der Waals surface area contributed by atoms with Crippen molar-refractivity contribution in [1.82, 2.24) is 0 Å². The maximum absolute atomic E-state index is 12.0. The number of fused-ring (bicyclic) bond motifs is 1. The molecule has 1 unspecified atom stereocenters. The second kappa shape index (κ2) is 4.73. The molecular formula is C15H21NO2. The van der Waals surface area contributed by atoms with Crippen LogP contribution in [-0.2, 0) is 16.0 Å². The number of benzene rings is 1. The molecule has 0 spiro atoms. The molecular weight excluding hydrogens is 226 g/mol. The van der Waals surface area contributed by atoms with E-state index >= 15 is 0 Å². The van der Waals surface area contributed by atoms with Crippen LogP contribution < -0.4 is 5.73 Å². The normalized spacial score (nSPS) is 20.3. The van der Waals surface area contributed by atoms with Gasteiger partial charge in [-0.15, -0.1) is 0 Å². The summed E-state index contributed by atoms with van der Waals surface area (Å²) in [5.41, 5.74) is 8.10. The van der Waals surface area contributed by atoms with E-state index in [0.29, 0.717) is 0 Å². The number of carbonyl (C=O) groups excluding carboxylic acids is 1. The highest BCUT2D eigenvalue weighted by molar-refractivity contribution is 5.77. The summed E-state index contributed by atoms with van der Waals surface area (Å²) in [5, 5.41) is 0. The van der Waals surface area contributed by atoms with Crippen molar-refractivity contribution in [3.05, 3.63) is 35.4 Å². The third-order valence-electron chi connectivity index (χ3n) is 3.29. The quantitative estimate of drug-likeness (QED) is 0.816. The molecule has 0 saturated heterocycles. The van der Waals surface area contributed by atoms with Crippen LogP contribution in [0.3, 0.4) is 0 Å². The predicted octanol–water partition coefficient (Wildman–Crippen LogP) is 2.39. The van der Waals surface area contributed by atoms with Crippen molar-refractivity contribution in [1.29, 1.82) is 0 Å². The van der Waals surface area contributed by atoms with Crippen molar-refractivity contribution < 1.29 is 9.53 Å². The van der Waals surface area contributed by atoms with Crippen molar-refractivity contribution >= 4 is 5.97 Å². The summed E-state index contributed by atoms with van der Waals surface area (Å²) in [6.07, 6.45) is 1.93. The average molecular weight is 247 g/mol. The van der Waals surface area contributed by atoms with Gasteiger partial charge >= 0.3 is 5.97 Å². The van der Waals surface area contributed by atoms with E-state index in [1.54, 1.807) is 0 Å². The first-order valence-electron chi connectivity index (χ1n) is 6.45. The average Bonchev–Trinajstić information content (AvgIpc) is 2.69. The van der Waals surface area contributed by atoms with Crippen LogP contribution in [0.2, 0.25) is 0 Å². The Morgan fingerprint density at radius 1 is 1.39 bits per heavy atom. The van der Waals surface area contributed by atoms with Gasteiger partial charge < -0.3 is 10.5 Å². The molecule has 1 aliphatic carbocycles. The van der Waals surface area contributed by atoms with Gasteiger partial charge in [-0.3, -0.25) is 4.79 Å². The zero-order valence-corrected chi connectivity index (χ0v) is 11.3. The smallest absolute Gasteiger partial charge is 0.324 e. The van der Waals surface area contributed by atoms with E-state index in [9.17, 15) is 4.79 Å². The van der Waals surface area contributed by atoms with E-state index in [4.69, 9.17) is 10.5 Å². The summed E-state index contributed by atoms with van der Waals surface area (Å²) < 4.78 is 5.36. The van der Waals surface area contributed by atoms with Crippen molar-refractivity contribution in [3.63, 3.8) is 0 Å². The molecule has 3 nitrogen and oxygen atoms in total. The first-order valence-corrected chi connectivity index (χ1v) is 6.45. The Bertz CT molecular complexity index is 448. The molecule has 2 N–H and O–H groups in total. The predicted molar refractivity (Wildman–Crippen MR) is 71.3 cm³/mol. The van der Waals surface area contributed by atoms with Crippen LogP contribution >= 0.6 is 0 Å². The van der Waals surface area contributed by atoms with E-state index < -0.39 is 11.6 Å². The van der Waals surface area contributed by atoms with Crippen molar-refractivity contribution in [2.24, 2.45) is 5.73 Å². The molecule has 0 saturated carbocycles. The molecule has 3 heteroatoms. The summed E-state index contributed by atoms with van der Waals surface area (Å²) in [4.78, 5) is 12.0. The van der Waals surface area contributed by atoms with Crippen LogP contribution in [0.1, 0.15) is 44.2 Å². The van der Waals surface area contributed by atoms with E-state index in [2.05, 4.69) is 12.1 Å². The minimum absolute atomic E-state index is 0.0936. The number of hydrogen-bond donors (Lipinski definition) is 1. The lowest BCUT2D eigenvalue weighted by Crippen LogP contribution is -2.41. The second-order valence-electron chi connectivity index (χ2n) is 5.90. The molecule has 0 radical (unpaired) electrons. The summed E-state index contributed by atoms with van der Waals surface area (Å²) in [6, 6.07) is 7.64. The first kappa shape index (κ1) is 13.1. The summed E-state index contributed by atoms with van der Waals surface area (Å²) in [7, 11) is 0. The topological polar surface area (TPSA) is 52.3 Å². The fourth-order valence-corrected chi connectivity index (χ4v) is 2.50. The third-order valence-corrected chi connectivity index (χ3v) is 3.29. The molecule has 0 heterocycles. The molecule has 1 aliphatic rings. The molecule has 1 aromatic carbocycles. The maximum Gasteiger partial charge on any atom is 0.324 e. The van der Waals surface area contributed by atoms with Crippen molar-refractivity contribution in [3.8, 4) is 0 Å². The van der Waals surface area contributed by atoms with Gasteiger partial charge in [0.1, 0.15) is 11.6 Å². The Labute approximate surface area is 108 Å². The van der Waals surface area contributed by atoms with Gasteiger partial charge in [0.05, 0.1) is 0 Å². The Hall–Kier alpha value is -1.35. The number of carbonyl (C=O) groups is 1. The van der Waals surface area contributed by atoms with Crippen LogP contribution in [0.4, 0.5) is 0 Å². The minimum atomic E-state index is -0.562. The number of nitrogens with two attached hydrogens (primary N) is 1. The zero-order chi connectivity index (χ0) is 13.3. The molecule has 0 aromatic heterocycles. The highest BCUT2D eigenvalue weighted by Gasteiger charge is 2.34. The number of rotatable bonds is 2. The number of ether oxygens (including phenoxy) is 1. The molecule has 1 aromatic rings. The minimum Gasteiger partial charge on any atom is -0.459 e. The Morgan fingerprint density at radius 3 is 2.72 bits per heavy atom. The van der Waals surface area contributed by atoms with Gasteiger partial charge in [-0.2, -0.15) is 0 Å². The van der Waals surface area contributed by atoms with Crippen molar-refractivity contribution in [2.45, 2.75) is 51.2 Å².